The van der Waals surface area contributed by atoms with Crippen LogP contribution in [0.25, 0.3) is 93.9 Å². The molecular formula is C66H45NOSi. The molecular weight excluding hydrogens is 851 g/mol. The second kappa shape index (κ2) is 16.8. The maximum Gasteiger partial charge on any atom is 0.179 e. The van der Waals surface area contributed by atoms with Gasteiger partial charge < -0.3 is 8.98 Å². The zero-order valence-electron chi connectivity index (χ0n) is 37.8. The molecule has 69 heavy (non-hydrogen) atoms. The van der Waals surface area contributed by atoms with Crippen molar-refractivity contribution in [1.29, 1.82) is 0 Å². The summed E-state index contributed by atoms with van der Waals surface area (Å²) in [5.41, 5.74) is 14.8. The normalized spacial score (nSPS) is 11.8. The number of aromatic nitrogens is 1. The van der Waals surface area contributed by atoms with E-state index in [9.17, 15) is 0 Å². The van der Waals surface area contributed by atoms with Crippen LogP contribution in [-0.2, 0) is 0 Å². The van der Waals surface area contributed by atoms with Gasteiger partial charge in [-0.1, -0.05) is 218 Å². The van der Waals surface area contributed by atoms with Gasteiger partial charge in [-0.25, -0.2) is 0 Å². The van der Waals surface area contributed by atoms with E-state index in [1.54, 1.807) is 0 Å². The average molecular weight is 896 g/mol. The molecule has 0 atom stereocenters. The Morgan fingerprint density at radius 1 is 0.246 bits per heavy atom. The number of fused-ring (bicyclic) bond motifs is 6. The van der Waals surface area contributed by atoms with Crippen LogP contribution < -0.4 is 20.7 Å². The first-order chi connectivity index (χ1) is 34.2. The average Bonchev–Trinajstić information content (AvgIpc) is 3.97. The van der Waals surface area contributed by atoms with Crippen LogP contribution in [0.15, 0.2) is 277 Å². The fourth-order valence-corrected chi connectivity index (χ4v) is 15.7. The van der Waals surface area contributed by atoms with Gasteiger partial charge >= 0.3 is 0 Å². The Morgan fingerprint density at radius 3 is 1.16 bits per heavy atom. The topological polar surface area (TPSA) is 18.1 Å². The molecule has 0 N–H and O–H groups in total. The second-order valence-electron chi connectivity index (χ2n) is 18.0. The summed E-state index contributed by atoms with van der Waals surface area (Å²) in [7, 11) is -2.90. The Balaban J connectivity index is 0.923. The smallest absolute Gasteiger partial charge is 0.179 e. The highest BCUT2D eigenvalue weighted by molar-refractivity contribution is 7.20. The molecule has 13 rings (SSSR count). The lowest BCUT2D eigenvalue weighted by Crippen LogP contribution is -2.74. The van der Waals surface area contributed by atoms with E-state index >= 15 is 0 Å². The molecule has 0 fully saturated rings. The number of hydrogen-bond acceptors (Lipinski definition) is 1. The van der Waals surface area contributed by atoms with Crippen molar-refractivity contribution in [2.75, 3.05) is 0 Å². The lowest BCUT2D eigenvalue weighted by molar-refractivity contribution is 0.669. The molecule has 324 valence electrons. The van der Waals surface area contributed by atoms with Crippen molar-refractivity contribution in [1.82, 2.24) is 4.57 Å². The third-order valence-electron chi connectivity index (χ3n) is 14.1. The van der Waals surface area contributed by atoms with E-state index in [4.69, 9.17) is 4.42 Å². The standard InChI is InChI=1S/C66H45NOSi/c1-4-18-46(19-5-1)47-20-14-21-48(40-47)51-24-16-30-57(42-51)69(55-26-6-2-7-27-55,56-28-8-3-9-29-56)58-31-17-25-52(43-58)49-22-15-23-50(41-49)53-36-38-65-61(44-53)62-45-54(37-39-66(62)68-65)67-63-34-12-10-32-59(63)60-33-11-13-35-64(60)67/h1-45H. The second-order valence-corrected chi connectivity index (χ2v) is 21.8. The van der Waals surface area contributed by atoms with E-state index in [1.807, 2.05) is 0 Å². The van der Waals surface area contributed by atoms with Crippen molar-refractivity contribution in [3.05, 3.63) is 273 Å². The molecule has 0 saturated carbocycles. The first-order valence-electron chi connectivity index (χ1n) is 23.7. The first kappa shape index (κ1) is 40.5. The zero-order chi connectivity index (χ0) is 45.7. The zero-order valence-corrected chi connectivity index (χ0v) is 38.8. The van der Waals surface area contributed by atoms with Crippen LogP contribution in [0.5, 0.6) is 0 Å². The van der Waals surface area contributed by atoms with Crippen molar-refractivity contribution in [2.24, 2.45) is 0 Å². The fraction of sp³-hybridized carbons (Fsp3) is 0. The van der Waals surface area contributed by atoms with Crippen molar-refractivity contribution in [3.8, 4) is 50.2 Å². The van der Waals surface area contributed by atoms with Crippen LogP contribution in [0.4, 0.5) is 0 Å². The number of nitrogens with zero attached hydrogens (tertiary/aromatic N) is 1. The summed E-state index contributed by atoms with van der Waals surface area (Å²) in [6.45, 7) is 0. The van der Waals surface area contributed by atoms with E-state index in [2.05, 4.69) is 278 Å². The molecule has 0 saturated heterocycles. The maximum atomic E-state index is 6.49. The molecule has 2 aromatic heterocycles. The van der Waals surface area contributed by atoms with Crippen molar-refractivity contribution in [3.63, 3.8) is 0 Å². The number of rotatable bonds is 9. The lowest BCUT2D eigenvalue weighted by Gasteiger charge is -2.35. The van der Waals surface area contributed by atoms with Crippen LogP contribution >= 0.6 is 0 Å². The molecule has 2 nitrogen and oxygen atoms in total. The van der Waals surface area contributed by atoms with Crippen LogP contribution in [0, 0.1) is 0 Å². The van der Waals surface area contributed by atoms with E-state index in [-0.39, 0.29) is 0 Å². The van der Waals surface area contributed by atoms with E-state index < -0.39 is 8.07 Å². The van der Waals surface area contributed by atoms with Gasteiger partial charge in [0.1, 0.15) is 11.2 Å². The van der Waals surface area contributed by atoms with Crippen LogP contribution in [-0.4, -0.2) is 12.6 Å². The van der Waals surface area contributed by atoms with Gasteiger partial charge in [0.2, 0.25) is 0 Å². The Kier molecular flexibility index (Phi) is 9.88. The minimum Gasteiger partial charge on any atom is -0.456 e. The molecule has 0 amide bonds. The van der Waals surface area contributed by atoms with Crippen LogP contribution in [0.1, 0.15) is 0 Å². The summed E-state index contributed by atoms with van der Waals surface area (Å²) in [4.78, 5) is 0. The van der Waals surface area contributed by atoms with Crippen LogP contribution in [0.3, 0.4) is 0 Å². The molecule has 3 heteroatoms. The minimum atomic E-state index is -2.90. The Bertz CT molecular complexity index is 3930. The molecule has 0 unspecified atom stereocenters. The first-order valence-corrected chi connectivity index (χ1v) is 25.7. The fourth-order valence-electron chi connectivity index (χ4n) is 10.9. The number of benzene rings is 11. The maximum absolute atomic E-state index is 6.49. The van der Waals surface area contributed by atoms with Gasteiger partial charge in [-0.3, -0.25) is 0 Å². The van der Waals surface area contributed by atoms with Crippen molar-refractivity contribution in [2.45, 2.75) is 0 Å². The molecule has 0 spiro atoms. The summed E-state index contributed by atoms with van der Waals surface area (Å²) in [5.74, 6) is 0. The monoisotopic (exact) mass is 895 g/mol. The third-order valence-corrected chi connectivity index (χ3v) is 18.9. The highest BCUT2D eigenvalue weighted by Crippen LogP contribution is 2.38. The molecule has 0 aliphatic rings. The highest BCUT2D eigenvalue weighted by atomic mass is 28.3. The highest BCUT2D eigenvalue weighted by Gasteiger charge is 2.41. The largest absolute Gasteiger partial charge is 0.456 e. The van der Waals surface area contributed by atoms with Gasteiger partial charge in [0.05, 0.1) is 11.0 Å². The molecule has 11 aromatic carbocycles. The van der Waals surface area contributed by atoms with Crippen LogP contribution in [0.2, 0.25) is 0 Å². The minimum absolute atomic E-state index is 0.882. The Hall–Kier alpha value is -8.76. The summed E-state index contributed by atoms with van der Waals surface area (Å²) in [6, 6.07) is 100. The summed E-state index contributed by atoms with van der Waals surface area (Å²) < 4.78 is 8.86. The van der Waals surface area contributed by atoms with Gasteiger partial charge in [0, 0.05) is 27.2 Å². The summed E-state index contributed by atoms with van der Waals surface area (Å²) >= 11 is 0. The van der Waals surface area contributed by atoms with Crippen molar-refractivity contribution < 1.29 is 4.42 Å². The Labute approximate surface area is 402 Å². The SMILES string of the molecule is c1ccc(-c2cccc(-c3cccc([Si](c4ccccc4)(c4ccccc4)c4cccc(-c5cccc(-c6ccc7oc8ccc(-n9c%10ccccc%10c%10ccccc%109)cc8c7c6)c5)c4)c3)c2)cc1. The molecule has 0 radical (unpaired) electrons. The summed E-state index contributed by atoms with van der Waals surface area (Å²) in [6.07, 6.45) is 0. The molecule has 2 heterocycles. The number of furan rings is 1. The van der Waals surface area contributed by atoms with E-state index in [0.29, 0.717) is 0 Å². The molecule has 0 aliphatic carbocycles. The predicted molar refractivity (Wildman–Crippen MR) is 293 cm³/mol. The number of hydrogen-bond donors (Lipinski definition) is 0. The van der Waals surface area contributed by atoms with E-state index in [1.165, 1.54) is 75.9 Å². The molecule has 13 aromatic rings. The van der Waals surface area contributed by atoms with E-state index in [0.717, 1.165) is 38.8 Å². The van der Waals surface area contributed by atoms with Gasteiger partial charge in [-0.2, -0.15) is 0 Å². The predicted octanol–water partition coefficient (Wildman–Crippen LogP) is 14.7. The van der Waals surface area contributed by atoms with Crippen molar-refractivity contribution >= 4 is 72.6 Å². The number of para-hydroxylation sites is 2. The van der Waals surface area contributed by atoms with Gasteiger partial charge in [-0.15, -0.1) is 0 Å². The Morgan fingerprint density at radius 2 is 0.623 bits per heavy atom. The van der Waals surface area contributed by atoms with Gasteiger partial charge in [0.25, 0.3) is 0 Å². The third kappa shape index (κ3) is 6.94. The lowest BCUT2D eigenvalue weighted by atomic mass is 9.98. The quantitative estimate of drug-likeness (QED) is 0.104. The summed E-state index contributed by atoms with van der Waals surface area (Å²) in [5, 5.41) is 10.1. The molecule has 0 aliphatic heterocycles. The van der Waals surface area contributed by atoms with Gasteiger partial charge in [0.15, 0.2) is 8.07 Å². The molecule has 0 bridgehead atoms. The van der Waals surface area contributed by atoms with Gasteiger partial charge in [-0.05, 0) is 120 Å².